The second-order valence-corrected chi connectivity index (χ2v) is 8.35. The predicted molar refractivity (Wildman–Crippen MR) is 135 cm³/mol. The number of nitrogens with zero attached hydrogens (tertiary/aromatic N) is 4. The highest BCUT2D eigenvalue weighted by atomic mass is 16.5. The van der Waals surface area contributed by atoms with Gasteiger partial charge in [-0.25, -0.2) is 4.98 Å². The average Bonchev–Trinajstić information content (AvgIpc) is 2.83. The molecule has 2 aromatic carbocycles. The molecule has 0 saturated carbocycles. The molecule has 3 rings (SSSR count). The second kappa shape index (κ2) is 11.1. The molecule has 9 nitrogen and oxygen atoms in total. The third-order valence-corrected chi connectivity index (χ3v) is 5.31. The van der Waals surface area contributed by atoms with Crippen LogP contribution in [0.25, 0.3) is 0 Å². The van der Waals surface area contributed by atoms with Crippen LogP contribution in [-0.2, 0) is 4.79 Å². The van der Waals surface area contributed by atoms with E-state index < -0.39 is 11.4 Å². The summed E-state index contributed by atoms with van der Waals surface area (Å²) in [5.74, 6) is 1.31. The topological polar surface area (TPSA) is 112 Å². The van der Waals surface area contributed by atoms with Gasteiger partial charge in [-0.15, -0.1) is 0 Å². The number of anilines is 3. The quantitative estimate of drug-likeness (QED) is 0.339. The fraction of sp³-hybridized carbons (Fsp3) is 0.231. The molecule has 0 saturated heterocycles. The van der Waals surface area contributed by atoms with Gasteiger partial charge < -0.3 is 25.0 Å². The Morgan fingerprint density at radius 3 is 2.54 bits per heavy atom. The Labute approximate surface area is 205 Å². The Hall–Kier alpha value is -4.42. The van der Waals surface area contributed by atoms with Gasteiger partial charge in [0.15, 0.2) is 0 Å². The van der Waals surface area contributed by atoms with Crippen LogP contribution in [0.5, 0.6) is 17.4 Å². The lowest BCUT2D eigenvalue weighted by atomic mass is 10.00. The number of nitrogens with one attached hydrogen (secondary N) is 2. The SMILES string of the molecule is COc1ccc(NC(=O)C(C#N)=CC(C)(C)N(C)C)cc1Nc1nccc(Oc2ccccc2)n1. The summed E-state index contributed by atoms with van der Waals surface area (Å²) in [6.45, 7) is 3.84. The van der Waals surface area contributed by atoms with Crippen LogP contribution in [0.15, 0.2) is 72.4 Å². The largest absolute Gasteiger partial charge is 0.495 e. The van der Waals surface area contributed by atoms with Crippen LogP contribution in [0, 0.1) is 11.3 Å². The van der Waals surface area contributed by atoms with Crippen LogP contribution in [0.1, 0.15) is 13.8 Å². The first-order chi connectivity index (χ1) is 16.7. The van der Waals surface area contributed by atoms with E-state index in [2.05, 4.69) is 20.6 Å². The summed E-state index contributed by atoms with van der Waals surface area (Å²) in [5.41, 5.74) is 0.541. The van der Waals surface area contributed by atoms with Crippen molar-refractivity contribution in [2.75, 3.05) is 31.8 Å². The van der Waals surface area contributed by atoms with Gasteiger partial charge >= 0.3 is 0 Å². The van der Waals surface area contributed by atoms with Crippen LogP contribution in [0.4, 0.5) is 17.3 Å². The minimum atomic E-state index is -0.506. The minimum absolute atomic E-state index is 0.0168. The molecular weight excluding hydrogens is 444 g/mol. The Bertz CT molecular complexity index is 1250. The molecule has 1 aromatic heterocycles. The van der Waals surface area contributed by atoms with Crippen molar-refractivity contribution in [1.82, 2.24) is 14.9 Å². The third-order valence-electron chi connectivity index (χ3n) is 5.31. The monoisotopic (exact) mass is 472 g/mol. The van der Waals surface area contributed by atoms with Gasteiger partial charge in [0.2, 0.25) is 11.8 Å². The van der Waals surface area contributed by atoms with E-state index in [9.17, 15) is 10.1 Å². The van der Waals surface area contributed by atoms with Crippen molar-refractivity contribution in [3.05, 3.63) is 72.4 Å². The molecule has 180 valence electrons. The normalized spacial score (nSPS) is 11.5. The first-order valence-electron chi connectivity index (χ1n) is 10.8. The van der Waals surface area contributed by atoms with Crippen molar-refractivity contribution >= 4 is 23.2 Å². The highest BCUT2D eigenvalue weighted by Crippen LogP contribution is 2.30. The van der Waals surface area contributed by atoms with E-state index in [0.717, 1.165) is 0 Å². The smallest absolute Gasteiger partial charge is 0.266 e. The molecule has 0 radical (unpaired) electrons. The Morgan fingerprint density at radius 2 is 1.89 bits per heavy atom. The summed E-state index contributed by atoms with van der Waals surface area (Å²) in [5, 5.41) is 15.4. The number of nitriles is 1. The van der Waals surface area contributed by atoms with Crippen molar-refractivity contribution in [2.45, 2.75) is 19.4 Å². The van der Waals surface area contributed by atoms with Gasteiger partial charge in [0, 0.05) is 23.5 Å². The van der Waals surface area contributed by atoms with Crippen LogP contribution in [0.2, 0.25) is 0 Å². The molecule has 0 spiro atoms. The van der Waals surface area contributed by atoms with Crippen molar-refractivity contribution in [2.24, 2.45) is 0 Å². The summed E-state index contributed by atoms with van der Waals surface area (Å²) in [6, 6.07) is 18.0. The third kappa shape index (κ3) is 6.79. The molecule has 1 amide bonds. The van der Waals surface area contributed by atoms with Gasteiger partial charge in [-0.3, -0.25) is 4.79 Å². The number of carbonyl (C=O) groups excluding carboxylic acids is 1. The van der Waals surface area contributed by atoms with E-state index in [0.29, 0.717) is 28.8 Å². The molecule has 9 heteroatoms. The molecule has 0 aliphatic heterocycles. The average molecular weight is 473 g/mol. The number of hydrogen-bond acceptors (Lipinski definition) is 8. The highest BCUT2D eigenvalue weighted by Gasteiger charge is 2.21. The maximum atomic E-state index is 12.8. The number of ether oxygens (including phenoxy) is 2. The molecule has 0 aliphatic carbocycles. The summed E-state index contributed by atoms with van der Waals surface area (Å²) < 4.78 is 11.2. The number of likely N-dealkylation sites (N-methyl/N-ethyl adjacent to an activating group) is 1. The van der Waals surface area contributed by atoms with Gasteiger partial charge in [-0.1, -0.05) is 18.2 Å². The van der Waals surface area contributed by atoms with E-state index in [-0.39, 0.29) is 11.5 Å². The molecule has 0 bridgehead atoms. The predicted octanol–water partition coefficient (Wildman–Crippen LogP) is 4.75. The number of methoxy groups -OCH3 is 1. The lowest BCUT2D eigenvalue weighted by Gasteiger charge is -2.29. The number of hydrogen-bond donors (Lipinski definition) is 2. The van der Waals surface area contributed by atoms with Gasteiger partial charge in [-0.2, -0.15) is 10.2 Å². The summed E-state index contributed by atoms with van der Waals surface area (Å²) in [7, 11) is 5.30. The van der Waals surface area contributed by atoms with Crippen molar-refractivity contribution in [3.63, 3.8) is 0 Å². The van der Waals surface area contributed by atoms with Gasteiger partial charge in [-0.05, 0) is 64.4 Å². The highest BCUT2D eigenvalue weighted by molar-refractivity contribution is 6.07. The Kier molecular flexibility index (Phi) is 8.02. The van der Waals surface area contributed by atoms with Crippen LogP contribution in [-0.4, -0.2) is 47.5 Å². The van der Waals surface area contributed by atoms with E-state index in [1.165, 1.54) is 7.11 Å². The van der Waals surface area contributed by atoms with Gasteiger partial charge in [0.05, 0.1) is 12.8 Å². The van der Waals surface area contributed by atoms with E-state index in [1.54, 1.807) is 36.5 Å². The lowest BCUT2D eigenvalue weighted by Crippen LogP contribution is -2.37. The molecule has 1 heterocycles. The van der Waals surface area contributed by atoms with Crippen LogP contribution >= 0.6 is 0 Å². The lowest BCUT2D eigenvalue weighted by molar-refractivity contribution is -0.112. The molecule has 2 N–H and O–H groups in total. The standard InChI is InChI=1S/C26H28N6O3/c1-26(2,32(3)4)16-18(17-27)24(33)29-19-11-12-22(34-5)21(15-19)30-25-28-14-13-23(31-25)35-20-9-7-6-8-10-20/h6-16H,1-5H3,(H,29,33)(H,28,30,31). The van der Waals surface area contributed by atoms with E-state index >= 15 is 0 Å². The zero-order chi connectivity index (χ0) is 25.4. The zero-order valence-corrected chi connectivity index (χ0v) is 20.4. The Morgan fingerprint density at radius 1 is 1.14 bits per heavy atom. The van der Waals surface area contributed by atoms with Gasteiger partial charge in [0.25, 0.3) is 5.91 Å². The Balaban J connectivity index is 1.81. The fourth-order valence-electron chi connectivity index (χ4n) is 2.90. The summed E-state index contributed by atoms with van der Waals surface area (Å²) in [4.78, 5) is 23.3. The number of amides is 1. The number of carbonyl (C=O) groups is 1. The molecule has 35 heavy (non-hydrogen) atoms. The maximum Gasteiger partial charge on any atom is 0.266 e. The second-order valence-electron chi connectivity index (χ2n) is 8.35. The molecular formula is C26H28N6O3. The van der Waals surface area contributed by atoms with Crippen molar-refractivity contribution < 1.29 is 14.3 Å². The summed E-state index contributed by atoms with van der Waals surface area (Å²) >= 11 is 0. The molecule has 0 aliphatic rings. The molecule has 0 fully saturated rings. The molecule has 3 aromatic rings. The fourth-order valence-corrected chi connectivity index (χ4v) is 2.90. The van der Waals surface area contributed by atoms with Crippen molar-refractivity contribution in [3.8, 4) is 23.4 Å². The van der Waals surface area contributed by atoms with Crippen LogP contribution < -0.4 is 20.1 Å². The molecule has 0 atom stereocenters. The first kappa shape index (κ1) is 25.2. The van der Waals surface area contributed by atoms with Gasteiger partial charge in [0.1, 0.15) is 23.1 Å². The minimum Gasteiger partial charge on any atom is -0.495 e. The van der Waals surface area contributed by atoms with Crippen LogP contribution in [0.3, 0.4) is 0 Å². The number of rotatable bonds is 9. The number of benzene rings is 2. The molecule has 0 unspecified atom stereocenters. The zero-order valence-electron chi connectivity index (χ0n) is 20.4. The van der Waals surface area contributed by atoms with Crippen molar-refractivity contribution in [1.29, 1.82) is 5.26 Å². The van der Waals surface area contributed by atoms with E-state index in [4.69, 9.17) is 9.47 Å². The summed E-state index contributed by atoms with van der Waals surface area (Å²) in [6.07, 6.45) is 3.21. The maximum absolute atomic E-state index is 12.8. The van der Waals surface area contributed by atoms with E-state index in [1.807, 2.05) is 69.2 Å². The number of para-hydroxylation sites is 1. The number of aromatic nitrogens is 2. The first-order valence-corrected chi connectivity index (χ1v) is 10.8.